The van der Waals surface area contributed by atoms with Crippen LogP contribution < -0.4 is 15.4 Å². The van der Waals surface area contributed by atoms with E-state index in [4.69, 9.17) is 4.74 Å². The number of benzene rings is 1. The van der Waals surface area contributed by atoms with Crippen LogP contribution in [0.5, 0.6) is 5.75 Å². The lowest BCUT2D eigenvalue weighted by Crippen LogP contribution is -2.39. The van der Waals surface area contributed by atoms with Crippen LogP contribution in [0, 0.1) is 11.6 Å². The highest BCUT2D eigenvalue weighted by molar-refractivity contribution is 5.79. The Bertz CT molecular complexity index is 520. The highest BCUT2D eigenvalue weighted by Gasteiger charge is 2.26. The molecule has 0 spiro atoms. The number of nitrogens with one attached hydrogen (secondary N) is 2. The van der Waals surface area contributed by atoms with Crippen molar-refractivity contribution in [2.24, 2.45) is 4.99 Å². The molecular formula is C14H18F5N3O. The summed E-state index contributed by atoms with van der Waals surface area (Å²) < 4.78 is 67.1. The Morgan fingerprint density at radius 3 is 2.52 bits per heavy atom. The van der Waals surface area contributed by atoms with E-state index in [9.17, 15) is 22.0 Å². The smallest absolute Gasteiger partial charge is 0.390 e. The minimum atomic E-state index is -4.25. The van der Waals surface area contributed by atoms with Crippen LogP contribution in [0.3, 0.4) is 0 Å². The van der Waals surface area contributed by atoms with Gasteiger partial charge in [0.1, 0.15) is 12.4 Å². The Morgan fingerprint density at radius 2 is 1.91 bits per heavy atom. The van der Waals surface area contributed by atoms with Gasteiger partial charge in [-0.25, -0.2) is 8.78 Å². The standard InChI is InChI=1S/C14H18F5N3O/c1-2-20-13(21-6-5-14(17,18)19)22-7-8-23-10-3-4-11(15)12(16)9-10/h3-4,9H,2,5-8H2,1H3,(H2,20,21,22). The molecule has 9 heteroatoms. The third-order valence-electron chi connectivity index (χ3n) is 2.56. The third kappa shape index (κ3) is 8.22. The average Bonchev–Trinajstić information content (AvgIpc) is 2.46. The molecule has 1 rings (SSSR count). The molecule has 0 heterocycles. The zero-order valence-electron chi connectivity index (χ0n) is 12.5. The van der Waals surface area contributed by atoms with Gasteiger partial charge in [-0.15, -0.1) is 0 Å². The summed E-state index contributed by atoms with van der Waals surface area (Å²) in [5, 5.41) is 5.57. The third-order valence-corrected chi connectivity index (χ3v) is 2.56. The first-order valence-corrected chi connectivity index (χ1v) is 6.98. The number of ether oxygens (including phenoxy) is 1. The van der Waals surface area contributed by atoms with Gasteiger partial charge in [-0.05, 0) is 19.1 Å². The Hall–Kier alpha value is -2.06. The van der Waals surface area contributed by atoms with Crippen molar-refractivity contribution in [3.05, 3.63) is 29.8 Å². The SMILES string of the molecule is CCNC(=NCCC(F)(F)F)NCCOc1ccc(F)c(F)c1. The number of rotatable bonds is 7. The molecule has 0 bridgehead atoms. The minimum absolute atomic E-state index is 0.106. The fourth-order valence-electron chi connectivity index (χ4n) is 1.54. The molecule has 23 heavy (non-hydrogen) atoms. The summed E-state index contributed by atoms with van der Waals surface area (Å²) in [7, 11) is 0. The van der Waals surface area contributed by atoms with Crippen molar-refractivity contribution in [3.8, 4) is 5.75 Å². The van der Waals surface area contributed by atoms with E-state index >= 15 is 0 Å². The Morgan fingerprint density at radius 1 is 1.17 bits per heavy atom. The van der Waals surface area contributed by atoms with Crippen molar-refractivity contribution in [1.82, 2.24) is 10.6 Å². The van der Waals surface area contributed by atoms with Crippen LogP contribution in [0.4, 0.5) is 22.0 Å². The topological polar surface area (TPSA) is 45.7 Å². The Labute approximate surface area is 130 Å². The molecule has 0 aliphatic rings. The van der Waals surface area contributed by atoms with Gasteiger partial charge in [0.25, 0.3) is 0 Å². The second-order valence-corrected chi connectivity index (χ2v) is 4.48. The first kappa shape index (κ1) is 19.0. The van der Waals surface area contributed by atoms with Crippen molar-refractivity contribution in [2.75, 3.05) is 26.2 Å². The van der Waals surface area contributed by atoms with Crippen molar-refractivity contribution in [2.45, 2.75) is 19.5 Å². The van der Waals surface area contributed by atoms with Gasteiger partial charge in [0.2, 0.25) is 0 Å². The number of hydrogen-bond donors (Lipinski definition) is 2. The number of aliphatic imine (C=N–C) groups is 1. The Balaban J connectivity index is 2.37. The predicted octanol–water partition coefficient (Wildman–Crippen LogP) is 2.85. The minimum Gasteiger partial charge on any atom is -0.492 e. The van der Waals surface area contributed by atoms with Gasteiger partial charge in [0, 0.05) is 12.6 Å². The quantitative estimate of drug-likeness (QED) is 0.348. The second-order valence-electron chi connectivity index (χ2n) is 4.48. The van der Waals surface area contributed by atoms with Gasteiger partial charge in [-0.1, -0.05) is 0 Å². The lowest BCUT2D eigenvalue weighted by Gasteiger charge is -2.12. The van der Waals surface area contributed by atoms with E-state index in [0.717, 1.165) is 12.1 Å². The van der Waals surface area contributed by atoms with Gasteiger partial charge in [-0.2, -0.15) is 13.2 Å². The van der Waals surface area contributed by atoms with Crippen molar-refractivity contribution < 1.29 is 26.7 Å². The molecule has 1 aromatic carbocycles. The zero-order valence-corrected chi connectivity index (χ0v) is 12.5. The first-order valence-electron chi connectivity index (χ1n) is 6.98. The van der Waals surface area contributed by atoms with Crippen LogP contribution in [-0.2, 0) is 0 Å². The van der Waals surface area contributed by atoms with Crippen LogP contribution in [0.1, 0.15) is 13.3 Å². The van der Waals surface area contributed by atoms with Gasteiger partial charge in [0.05, 0.1) is 19.5 Å². The molecule has 0 atom stereocenters. The van der Waals surface area contributed by atoms with Gasteiger partial charge in [-0.3, -0.25) is 4.99 Å². The van der Waals surface area contributed by atoms with Gasteiger partial charge < -0.3 is 15.4 Å². The van der Waals surface area contributed by atoms with E-state index in [1.807, 2.05) is 0 Å². The van der Waals surface area contributed by atoms with Crippen LogP contribution in [-0.4, -0.2) is 38.4 Å². The molecule has 0 aliphatic heterocycles. The van der Waals surface area contributed by atoms with Crippen LogP contribution in [0.25, 0.3) is 0 Å². The number of nitrogens with zero attached hydrogens (tertiary/aromatic N) is 1. The molecule has 130 valence electrons. The predicted molar refractivity (Wildman–Crippen MR) is 76.5 cm³/mol. The molecule has 2 N–H and O–H groups in total. The van der Waals surface area contributed by atoms with Crippen molar-refractivity contribution in [1.29, 1.82) is 0 Å². The number of halogens is 5. The highest BCUT2D eigenvalue weighted by Crippen LogP contribution is 2.18. The van der Waals surface area contributed by atoms with Crippen LogP contribution in [0.2, 0.25) is 0 Å². The summed E-state index contributed by atoms with van der Waals surface area (Å²) in [6.45, 7) is 2.22. The van der Waals surface area contributed by atoms with Gasteiger partial charge in [0.15, 0.2) is 17.6 Å². The van der Waals surface area contributed by atoms with E-state index in [1.54, 1.807) is 6.92 Å². The van der Waals surface area contributed by atoms with E-state index in [0.29, 0.717) is 6.54 Å². The highest BCUT2D eigenvalue weighted by atomic mass is 19.4. The normalized spacial score (nSPS) is 12.2. The van der Waals surface area contributed by atoms with Crippen LogP contribution >= 0.6 is 0 Å². The largest absolute Gasteiger partial charge is 0.492 e. The lowest BCUT2D eigenvalue weighted by molar-refractivity contribution is -0.132. The number of alkyl halides is 3. The van der Waals surface area contributed by atoms with Crippen LogP contribution in [0.15, 0.2) is 23.2 Å². The molecule has 0 aromatic heterocycles. The molecule has 4 nitrogen and oxygen atoms in total. The monoisotopic (exact) mass is 339 g/mol. The zero-order chi connectivity index (χ0) is 17.3. The van der Waals surface area contributed by atoms with E-state index in [1.165, 1.54) is 6.07 Å². The summed E-state index contributed by atoms with van der Waals surface area (Å²) in [6.07, 6.45) is -5.26. The maximum atomic E-state index is 13.0. The average molecular weight is 339 g/mol. The molecule has 0 saturated carbocycles. The molecule has 1 aromatic rings. The van der Waals surface area contributed by atoms with Gasteiger partial charge >= 0.3 is 6.18 Å². The Kier molecular flexibility index (Phi) is 7.56. The molecular weight excluding hydrogens is 321 g/mol. The maximum Gasteiger partial charge on any atom is 0.390 e. The van der Waals surface area contributed by atoms with E-state index in [-0.39, 0.29) is 31.4 Å². The molecule has 0 radical (unpaired) electrons. The van der Waals surface area contributed by atoms with E-state index in [2.05, 4.69) is 15.6 Å². The number of hydrogen-bond acceptors (Lipinski definition) is 2. The number of guanidine groups is 1. The second kappa shape index (κ2) is 9.16. The summed E-state index contributed by atoms with van der Waals surface area (Å²) in [5.41, 5.74) is 0. The molecule has 0 unspecified atom stereocenters. The lowest BCUT2D eigenvalue weighted by atomic mass is 10.3. The molecule has 0 saturated heterocycles. The van der Waals surface area contributed by atoms with Crippen molar-refractivity contribution >= 4 is 5.96 Å². The maximum absolute atomic E-state index is 13.0. The summed E-state index contributed by atoms with van der Waals surface area (Å²) >= 11 is 0. The molecule has 0 fully saturated rings. The fraction of sp³-hybridized carbons (Fsp3) is 0.500. The summed E-state index contributed by atoms with van der Waals surface area (Å²) in [5.74, 6) is -1.60. The van der Waals surface area contributed by atoms with Crippen molar-refractivity contribution in [3.63, 3.8) is 0 Å². The molecule has 0 aliphatic carbocycles. The summed E-state index contributed by atoms with van der Waals surface area (Å²) in [6, 6.07) is 3.14. The fourth-order valence-corrected chi connectivity index (χ4v) is 1.54. The summed E-state index contributed by atoms with van der Waals surface area (Å²) in [4.78, 5) is 3.78. The first-order chi connectivity index (χ1) is 10.8. The van der Waals surface area contributed by atoms with E-state index < -0.39 is 24.2 Å². The molecule has 0 amide bonds.